The maximum Gasteiger partial charge on any atom is 0.326 e. The number of hydrogen-bond acceptors (Lipinski definition) is 6. The third-order valence-corrected chi connectivity index (χ3v) is 6.84. The Morgan fingerprint density at radius 1 is 1.19 bits per heavy atom. The number of aromatic amines is 1. The SMILES string of the molecule is CCC(C)C(NC(=O)C(Cc1ccccc1)NC(=O)C1CCCN1C(=O)C(N)Cc1cnc[nH]1)C(=O)O. The first kappa shape index (κ1) is 27.9. The van der Waals surface area contributed by atoms with Gasteiger partial charge in [-0.3, -0.25) is 14.4 Å². The number of hydrogen-bond donors (Lipinski definition) is 5. The molecular formula is C26H36N6O5. The summed E-state index contributed by atoms with van der Waals surface area (Å²) in [4.78, 5) is 59.8. The van der Waals surface area contributed by atoms with Crippen LogP contribution in [-0.2, 0) is 32.0 Å². The molecule has 6 N–H and O–H groups in total. The molecule has 1 saturated heterocycles. The summed E-state index contributed by atoms with van der Waals surface area (Å²) in [6, 6.07) is 5.43. The smallest absolute Gasteiger partial charge is 0.326 e. The van der Waals surface area contributed by atoms with Gasteiger partial charge in [0, 0.05) is 31.3 Å². The highest BCUT2D eigenvalue weighted by molar-refractivity contribution is 5.94. The Labute approximate surface area is 216 Å². The summed E-state index contributed by atoms with van der Waals surface area (Å²) in [7, 11) is 0. The molecule has 37 heavy (non-hydrogen) atoms. The molecule has 1 aliphatic rings. The van der Waals surface area contributed by atoms with Crippen molar-refractivity contribution in [1.82, 2.24) is 25.5 Å². The summed E-state index contributed by atoms with van der Waals surface area (Å²) in [5.41, 5.74) is 7.66. The summed E-state index contributed by atoms with van der Waals surface area (Å²) in [6.07, 6.45) is 5.17. The Kier molecular flexibility index (Phi) is 9.78. The summed E-state index contributed by atoms with van der Waals surface area (Å²) in [5, 5.41) is 15.0. The van der Waals surface area contributed by atoms with Gasteiger partial charge < -0.3 is 31.4 Å². The van der Waals surface area contributed by atoms with Crippen LogP contribution < -0.4 is 16.4 Å². The lowest BCUT2D eigenvalue weighted by molar-refractivity contribution is -0.144. The Morgan fingerprint density at radius 3 is 2.54 bits per heavy atom. The first-order chi connectivity index (χ1) is 17.7. The number of benzene rings is 1. The molecule has 1 aromatic heterocycles. The molecule has 11 heteroatoms. The molecule has 5 atom stereocenters. The lowest BCUT2D eigenvalue weighted by Gasteiger charge is -2.29. The fourth-order valence-electron chi connectivity index (χ4n) is 4.50. The minimum absolute atomic E-state index is 0.172. The second-order valence-corrected chi connectivity index (χ2v) is 9.54. The van der Waals surface area contributed by atoms with Crippen molar-refractivity contribution >= 4 is 23.7 Å². The molecule has 0 radical (unpaired) electrons. The molecule has 0 spiro atoms. The van der Waals surface area contributed by atoms with Gasteiger partial charge in [-0.25, -0.2) is 9.78 Å². The normalized spacial score (nSPS) is 18.5. The van der Waals surface area contributed by atoms with Crippen molar-refractivity contribution in [3.63, 3.8) is 0 Å². The minimum Gasteiger partial charge on any atom is -0.480 e. The molecule has 5 unspecified atom stereocenters. The molecule has 11 nitrogen and oxygen atoms in total. The average molecular weight is 513 g/mol. The number of aliphatic carboxylic acids is 1. The van der Waals surface area contributed by atoms with Gasteiger partial charge >= 0.3 is 5.97 Å². The fraction of sp³-hybridized carbons (Fsp3) is 0.500. The summed E-state index contributed by atoms with van der Waals surface area (Å²) < 4.78 is 0. The van der Waals surface area contributed by atoms with Crippen LogP contribution in [0.3, 0.4) is 0 Å². The van der Waals surface area contributed by atoms with Crippen molar-refractivity contribution < 1.29 is 24.3 Å². The number of amides is 3. The molecule has 2 aromatic rings. The van der Waals surface area contributed by atoms with Crippen molar-refractivity contribution in [3.8, 4) is 0 Å². The number of rotatable bonds is 12. The van der Waals surface area contributed by atoms with Gasteiger partial charge in [-0.1, -0.05) is 50.6 Å². The summed E-state index contributed by atoms with van der Waals surface area (Å²) in [6.45, 7) is 3.98. The van der Waals surface area contributed by atoms with Gasteiger partial charge in [0.05, 0.1) is 12.4 Å². The minimum atomic E-state index is -1.13. The van der Waals surface area contributed by atoms with Crippen LogP contribution in [0.2, 0.25) is 0 Å². The van der Waals surface area contributed by atoms with Crippen LogP contribution in [0.5, 0.6) is 0 Å². The van der Waals surface area contributed by atoms with Crippen LogP contribution in [0.4, 0.5) is 0 Å². The lowest BCUT2D eigenvalue weighted by Crippen LogP contribution is -2.58. The number of carboxylic acid groups (broad SMARTS) is 1. The van der Waals surface area contributed by atoms with Crippen LogP contribution in [-0.4, -0.2) is 74.4 Å². The number of carbonyl (C=O) groups excluding carboxylic acids is 3. The molecule has 2 heterocycles. The third-order valence-electron chi connectivity index (χ3n) is 6.84. The second kappa shape index (κ2) is 13.0. The van der Waals surface area contributed by atoms with E-state index in [0.717, 1.165) is 11.3 Å². The Bertz CT molecular complexity index is 1060. The summed E-state index contributed by atoms with van der Waals surface area (Å²) >= 11 is 0. The Morgan fingerprint density at radius 2 is 1.92 bits per heavy atom. The van der Waals surface area contributed by atoms with Crippen LogP contribution in [0.1, 0.15) is 44.4 Å². The predicted molar refractivity (Wildman–Crippen MR) is 136 cm³/mol. The van der Waals surface area contributed by atoms with Gasteiger partial charge in [0.25, 0.3) is 0 Å². The van der Waals surface area contributed by atoms with Crippen LogP contribution in [0.25, 0.3) is 0 Å². The van der Waals surface area contributed by atoms with Crippen LogP contribution >= 0.6 is 0 Å². The number of nitrogens with two attached hydrogens (primary N) is 1. The van der Waals surface area contributed by atoms with Gasteiger partial charge in [0.1, 0.15) is 18.1 Å². The number of carboxylic acids is 1. The molecule has 0 bridgehead atoms. The number of carbonyl (C=O) groups is 4. The maximum absolute atomic E-state index is 13.4. The van der Waals surface area contributed by atoms with E-state index < -0.39 is 42.0 Å². The van der Waals surface area contributed by atoms with Crippen molar-refractivity contribution in [1.29, 1.82) is 0 Å². The van der Waals surface area contributed by atoms with Crippen molar-refractivity contribution in [2.24, 2.45) is 11.7 Å². The van der Waals surface area contributed by atoms with E-state index in [1.807, 2.05) is 37.3 Å². The molecule has 0 aliphatic carbocycles. The molecule has 0 saturated carbocycles. The topological polar surface area (TPSA) is 171 Å². The van der Waals surface area contributed by atoms with E-state index in [9.17, 15) is 24.3 Å². The fourth-order valence-corrected chi connectivity index (χ4v) is 4.50. The van der Waals surface area contributed by atoms with E-state index in [0.29, 0.717) is 25.8 Å². The third kappa shape index (κ3) is 7.39. The largest absolute Gasteiger partial charge is 0.480 e. The molecule has 3 rings (SSSR count). The Balaban J connectivity index is 1.74. The average Bonchev–Trinajstić information content (AvgIpc) is 3.58. The zero-order valence-corrected chi connectivity index (χ0v) is 21.2. The second-order valence-electron chi connectivity index (χ2n) is 9.54. The highest BCUT2D eigenvalue weighted by Crippen LogP contribution is 2.20. The molecule has 3 amide bonds. The van der Waals surface area contributed by atoms with E-state index >= 15 is 0 Å². The quantitative estimate of drug-likeness (QED) is 0.277. The van der Waals surface area contributed by atoms with Crippen LogP contribution in [0, 0.1) is 5.92 Å². The van der Waals surface area contributed by atoms with E-state index in [4.69, 9.17) is 5.73 Å². The number of nitrogens with zero attached hydrogens (tertiary/aromatic N) is 2. The number of nitrogens with one attached hydrogen (secondary N) is 3. The molecule has 1 fully saturated rings. The monoisotopic (exact) mass is 512 g/mol. The number of aromatic nitrogens is 2. The predicted octanol–water partition coefficient (Wildman–Crippen LogP) is 0.614. The first-order valence-corrected chi connectivity index (χ1v) is 12.6. The van der Waals surface area contributed by atoms with E-state index in [2.05, 4.69) is 20.6 Å². The lowest BCUT2D eigenvalue weighted by atomic mass is 9.98. The van der Waals surface area contributed by atoms with Crippen molar-refractivity contribution in [3.05, 3.63) is 54.1 Å². The van der Waals surface area contributed by atoms with Gasteiger partial charge in [0.15, 0.2) is 0 Å². The molecule has 1 aliphatic heterocycles. The number of imidazole rings is 1. The van der Waals surface area contributed by atoms with Gasteiger partial charge in [-0.2, -0.15) is 0 Å². The zero-order chi connectivity index (χ0) is 26.9. The van der Waals surface area contributed by atoms with Gasteiger partial charge in [0.2, 0.25) is 17.7 Å². The van der Waals surface area contributed by atoms with E-state index in [1.165, 1.54) is 11.2 Å². The highest BCUT2D eigenvalue weighted by atomic mass is 16.4. The van der Waals surface area contributed by atoms with Crippen molar-refractivity contribution in [2.45, 2.75) is 70.1 Å². The van der Waals surface area contributed by atoms with Crippen LogP contribution in [0.15, 0.2) is 42.9 Å². The van der Waals surface area contributed by atoms with Gasteiger partial charge in [-0.05, 0) is 24.3 Å². The molecule has 200 valence electrons. The van der Waals surface area contributed by atoms with E-state index in [1.54, 1.807) is 13.1 Å². The molecular weight excluding hydrogens is 476 g/mol. The number of H-pyrrole nitrogens is 1. The standard InChI is InChI=1S/C26H36N6O5/c1-3-16(2)22(26(36)37)31-23(33)20(12-17-8-5-4-6-9-17)30-24(34)21-10-7-11-32(21)25(35)19(27)13-18-14-28-15-29-18/h4-6,8-9,14-16,19-22H,3,7,10-13,27H2,1-2H3,(H,28,29)(H,30,34)(H,31,33)(H,36,37). The Hall–Kier alpha value is -3.73. The number of likely N-dealkylation sites (tertiary alicyclic amines) is 1. The first-order valence-electron chi connectivity index (χ1n) is 12.6. The maximum atomic E-state index is 13.4. The molecule has 1 aromatic carbocycles. The van der Waals surface area contributed by atoms with E-state index in [-0.39, 0.29) is 24.7 Å². The highest BCUT2D eigenvalue weighted by Gasteiger charge is 2.38. The van der Waals surface area contributed by atoms with Crippen molar-refractivity contribution in [2.75, 3.05) is 6.54 Å². The summed E-state index contributed by atoms with van der Waals surface area (Å²) in [5.74, 6) is -2.83. The zero-order valence-electron chi connectivity index (χ0n) is 21.2. The van der Waals surface area contributed by atoms with Gasteiger partial charge in [-0.15, -0.1) is 0 Å².